The third-order valence-electron chi connectivity index (χ3n) is 2.31. The highest BCUT2D eigenvalue weighted by Crippen LogP contribution is 2.21. The van der Waals surface area contributed by atoms with E-state index in [1.807, 2.05) is 0 Å². The zero-order chi connectivity index (χ0) is 7.56. The van der Waals surface area contributed by atoms with E-state index >= 15 is 0 Å². The monoisotopic (exact) mass is 253 g/mol. The van der Waals surface area contributed by atoms with Gasteiger partial charge < -0.3 is 0 Å². The second kappa shape index (κ2) is 3.90. The van der Waals surface area contributed by atoms with Gasteiger partial charge in [0.05, 0.1) is 4.05 Å². The molecule has 60 valence electrons. The van der Waals surface area contributed by atoms with Gasteiger partial charge >= 0.3 is 0 Å². The quantitative estimate of drug-likeness (QED) is 0.394. The number of nitrogens with zero attached hydrogens (tertiary/aromatic N) is 1. The van der Waals surface area contributed by atoms with Gasteiger partial charge in [-0.2, -0.15) is 0 Å². The van der Waals surface area contributed by atoms with Crippen molar-refractivity contribution in [1.82, 2.24) is 4.90 Å². The Bertz CT molecular complexity index is 103. The lowest BCUT2D eigenvalue weighted by molar-refractivity contribution is 0.161. The van der Waals surface area contributed by atoms with Crippen molar-refractivity contribution in [2.45, 2.75) is 43.2 Å². The first-order valence-corrected chi connectivity index (χ1v) is 5.36. The molecule has 0 aromatic heterocycles. The topological polar surface area (TPSA) is 3.24 Å². The van der Waals surface area contributed by atoms with Crippen molar-refractivity contribution < 1.29 is 0 Å². The fourth-order valence-corrected chi connectivity index (χ4v) is 2.48. The molecule has 1 saturated heterocycles. The Labute approximate surface area is 77.3 Å². The Morgan fingerprint density at radius 3 is 2.60 bits per heavy atom. The summed E-state index contributed by atoms with van der Waals surface area (Å²) in [7, 11) is 0. The summed E-state index contributed by atoms with van der Waals surface area (Å²) in [5, 5.41) is 0. The van der Waals surface area contributed by atoms with Gasteiger partial charge in [-0.15, -0.1) is 0 Å². The molecule has 1 nitrogen and oxygen atoms in total. The van der Waals surface area contributed by atoms with Crippen LogP contribution in [-0.2, 0) is 0 Å². The van der Waals surface area contributed by atoms with Gasteiger partial charge in [0.15, 0.2) is 0 Å². The summed E-state index contributed by atoms with van der Waals surface area (Å²) in [4.78, 5) is 2.59. The first-order chi connectivity index (χ1) is 4.72. The fraction of sp³-hybridized carbons (Fsp3) is 1.00. The second-order valence-corrected chi connectivity index (χ2v) is 4.96. The molecule has 0 radical (unpaired) electrons. The molecule has 0 spiro atoms. The van der Waals surface area contributed by atoms with Gasteiger partial charge in [0, 0.05) is 6.04 Å². The number of hydrogen-bond donors (Lipinski definition) is 0. The Morgan fingerprint density at radius 1 is 1.50 bits per heavy atom. The van der Waals surface area contributed by atoms with E-state index in [0.717, 1.165) is 6.04 Å². The largest absolute Gasteiger partial charge is 0.289 e. The molecule has 0 amide bonds. The van der Waals surface area contributed by atoms with Crippen molar-refractivity contribution in [2.24, 2.45) is 0 Å². The summed E-state index contributed by atoms with van der Waals surface area (Å²) in [5.41, 5.74) is 0. The van der Waals surface area contributed by atoms with Crippen molar-refractivity contribution in [2.75, 3.05) is 6.54 Å². The SMILES string of the molecule is CC(I)N1CCCCC1C. The molecular weight excluding hydrogens is 237 g/mol. The molecule has 0 aromatic rings. The van der Waals surface area contributed by atoms with E-state index < -0.39 is 0 Å². The Hall–Kier alpha value is 0.690. The molecule has 1 aliphatic heterocycles. The first-order valence-electron chi connectivity index (χ1n) is 4.11. The lowest BCUT2D eigenvalue weighted by Crippen LogP contribution is -2.40. The van der Waals surface area contributed by atoms with E-state index in [0.29, 0.717) is 4.05 Å². The number of hydrogen-bond acceptors (Lipinski definition) is 1. The highest BCUT2D eigenvalue weighted by molar-refractivity contribution is 14.1. The van der Waals surface area contributed by atoms with Crippen LogP contribution in [0.15, 0.2) is 0 Å². The summed E-state index contributed by atoms with van der Waals surface area (Å²) in [6, 6.07) is 0.820. The number of rotatable bonds is 1. The molecule has 0 saturated carbocycles. The maximum absolute atomic E-state index is 2.59. The van der Waals surface area contributed by atoms with Crippen molar-refractivity contribution >= 4 is 22.6 Å². The van der Waals surface area contributed by atoms with Crippen molar-refractivity contribution in [1.29, 1.82) is 0 Å². The van der Waals surface area contributed by atoms with Gasteiger partial charge in [0.2, 0.25) is 0 Å². The summed E-state index contributed by atoms with van der Waals surface area (Å²) in [5.74, 6) is 0. The molecule has 2 atom stereocenters. The van der Waals surface area contributed by atoms with Gasteiger partial charge in [-0.05, 0) is 33.2 Å². The number of piperidine rings is 1. The summed E-state index contributed by atoms with van der Waals surface area (Å²) < 4.78 is 0.716. The van der Waals surface area contributed by atoms with Crippen LogP contribution in [0.2, 0.25) is 0 Å². The van der Waals surface area contributed by atoms with Crippen LogP contribution in [0.5, 0.6) is 0 Å². The van der Waals surface area contributed by atoms with E-state index in [1.54, 1.807) is 0 Å². The molecule has 0 bridgehead atoms. The van der Waals surface area contributed by atoms with Gasteiger partial charge in [-0.3, -0.25) is 4.90 Å². The molecular formula is C8H16IN. The third-order valence-corrected chi connectivity index (χ3v) is 3.03. The van der Waals surface area contributed by atoms with Crippen LogP contribution in [0.3, 0.4) is 0 Å². The van der Waals surface area contributed by atoms with Crippen LogP contribution in [0, 0.1) is 0 Å². The summed E-state index contributed by atoms with van der Waals surface area (Å²) >= 11 is 2.50. The van der Waals surface area contributed by atoms with Crippen LogP contribution in [0.25, 0.3) is 0 Å². The lowest BCUT2D eigenvalue weighted by Gasteiger charge is -2.35. The second-order valence-electron chi connectivity index (χ2n) is 3.16. The van der Waals surface area contributed by atoms with Gasteiger partial charge in [0.25, 0.3) is 0 Å². The van der Waals surface area contributed by atoms with Crippen molar-refractivity contribution in [3.8, 4) is 0 Å². The maximum atomic E-state index is 2.59. The summed E-state index contributed by atoms with van der Waals surface area (Å²) in [6.07, 6.45) is 4.23. The number of alkyl halides is 1. The van der Waals surface area contributed by atoms with Crippen LogP contribution in [-0.4, -0.2) is 21.5 Å². The minimum Gasteiger partial charge on any atom is -0.289 e. The van der Waals surface area contributed by atoms with Crippen LogP contribution in [0.4, 0.5) is 0 Å². The van der Waals surface area contributed by atoms with Crippen molar-refractivity contribution in [3.63, 3.8) is 0 Å². The Kier molecular flexibility index (Phi) is 3.43. The molecule has 10 heavy (non-hydrogen) atoms. The predicted molar refractivity (Wildman–Crippen MR) is 53.5 cm³/mol. The minimum atomic E-state index is 0.716. The molecule has 1 fully saturated rings. The maximum Gasteiger partial charge on any atom is 0.0592 e. The van der Waals surface area contributed by atoms with E-state index in [2.05, 4.69) is 41.3 Å². The van der Waals surface area contributed by atoms with E-state index in [1.165, 1.54) is 25.8 Å². The molecule has 2 heteroatoms. The van der Waals surface area contributed by atoms with Gasteiger partial charge in [-0.1, -0.05) is 29.0 Å². The number of halogens is 1. The van der Waals surface area contributed by atoms with Crippen LogP contribution < -0.4 is 0 Å². The zero-order valence-corrected chi connectivity index (χ0v) is 8.97. The van der Waals surface area contributed by atoms with Gasteiger partial charge in [-0.25, -0.2) is 0 Å². The van der Waals surface area contributed by atoms with Crippen LogP contribution >= 0.6 is 22.6 Å². The third kappa shape index (κ3) is 2.09. The smallest absolute Gasteiger partial charge is 0.0592 e. The van der Waals surface area contributed by atoms with Crippen LogP contribution in [0.1, 0.15) is 33.1 Å². The number of likely N-dealkylation sites (tertiary alicyclic amines) is 1. The average Bonchev–Trinajstić information content (AvgIpc) is 1.88. The Morgan fingerprint density at radius 2 is 2.20 bits per heavy atom. The molecule has 1 aliphatic rings. The zero-order valence-electron chi connectivity index (χ0n) is 6.81. The Balaban J connectivity index is 2.40. The lowest BCUT2D eigenvalue weighted by atomic mass is 10.0. The average molecular weight is 253 g/mol. The molecule has 0 aromatic carbocycles. The van der Waals surface area contributed by atoms with Crippen molar-refractivity contribution in [3.05, 3.63) is 0 Å². The fourth-order valence-electron chi connectivity index (χ4n) is 1.65. The normalized spacial score (nSPS) is 32.1. The molecule has 1 heterocycles. The molecule has 2 unspecified atom stereocenters. The predicted octanol–water partition coefficient (Wildman–Crippen LogP) is 2.64. The summed E-state index contributed by atoms with van der Waals surface area (Å²) in [6.45, 7) is 5.93. The first kappa shape index (κ1) is 8.78. The minimum absolute atomic E-state index is 0.716. The van der Waals surface area contributed by atoms with E-state index in [4.69, 9.17) is 0 Å². The standard InChI is InChI=1S/C8H16IN/c1-7-5-3-4-6-10(7)8(2)9/h7-8H,3-6H2,1-2H3. The molecule has 1 rings (SSSR count). The highest BCUT2D eigenvalue weighted by atomic mass is 127. The van der Waals surface area contributed by atoms with E-state index in [9.17, 15) is 0 Å². The highest BCUT2D eigenvalue weighted by Gasteiger charge is 2.20. The van der Waals surface area contributed by atoms with E-state index in [-0.39, 0.29) is 0 Å². The molecule has 0 aliphatic carbocycles. The molecule has 0 N–H and O–H groups in total. The van der Waals surface area contributed by atoms with Gasteiger partial charge in [0.1, 0.15) is 0 Å².